The molecule has 0 fully saturated rings. The van der Waals surface area contributed by atoms with E-state index in [1.807, 2.05) is 26.8 Å². The van der Waals surface area contributed by atoms with E-state index in [-0.39, 0.29) is 21.4 Å². The fourth-order valence-electron chi connectivity index (χ4n) is 3.76. The van der Waals surface area contributed by atoms with Gasteiger partial charge in [0.2, 0.25) is 0 Å². The SMILES string of the molecule is Cc1cccc(NS(=O)(=O)c2cc(C(=O)Nc3ccc4c(c3)sc(=O)n4C(C)C)ccc2C)c1. The Morgan fingerprint density at radius 3 is 2.44 bits per heavy atom. The summed E-state index contributed by atoms with van der Waals surface area (Å²) in [5, 5.41) is 2.80. The zero-order chi connectivity index (χ0) is 24.6. The van der Waals surface area contributed by atoms with Crippen molar-refractivity contribution in [2.75, 3.05) is 10.0 Å². The van der Waals surface area contributed by atoms with E-state index in [9.17, 15) is 18.0 Å². The summed E-state index contributed by atoms with van der Waals surface area (Å²) in [5.74, 6) is -0.443. The van der Waals surface area contributed by atoms with Crippen LogP contribution in [0.4, 0.5) is 11.4 Å². The average Bonchev–Trinajstić information content (AvgIpc) is 3.08. The average molecular weight is 496 g/mol. The van der Waals surface area contributed by atoms with Crippen LogP contribution in [0.2, 0.25) is 0 Å². The summed E-state index contributed by atoms with van der Waals surface area (Å²) in [7, 11) is -3.89. The van der Waals surface area contributed by atoms with Crippen molar-refractivity contribution in [3.05, 3.63) is 87.0 Å². The predicted octanol–water partition coefficient (Wildman–Crippen LogP) is 5.31. The zero-order valence-corrected chi connectivity index (χ0v) is 20.9. The molecule has 0 spiro atoms. The highest BCUT2D eigenvalue weighted by atomic mass is 32.2. The van der Waals surface area contributed by atoms with Crippen molar-refractivity contribution >= 4 is 48.9 Å². The lowest BCUT2D eigenvalue weighted by atomic mass is 10.1. The molecule has 9 heteroatoms. The molecule has 1 aromatic heterocycles. The molecule has 0 aliphatic carbocycles. The van der Waals surface area contributed by atoms with Gasteiger partial charge in [0, 0.05) is 23.0 Å². The maximum Gasteiger partial charge on any atom is 0.308 e. The normalized spacial score (nSPS) is 11.7. The Kier molecular flexibility index (Phi) is 6.33. The van der Waals surface area contributed by atoms with Crippen LogP contribution in [-0.2, 0) is 10.0 Å². The van der Waals surface area contributed by atoms with Gasteiger partial charge in [-0.15, -0.1) is 0 Å². The third-order valence-corrected chi connectivity index (χ3v) is 7.84. The van der Waals surface area contributed by atoms with Crippen LogP contribution in [0.25, 0.3) is 10.2 Å². The Morgan fingerprint density at radius 1 is 0.971 bits per heavy atom. The Labute approximate surface area is 202 Å². The summed E-state index contributed by atoms with van der Waals surface area (Å²) in [6, 6.07) is 16.9. The maximum absolute atomic E-state index is 13.0. The molecule has 2 N–H and O–H groups in total. The molecule has 1 amide bonds. The number of aromatic nitrogens is 1. The van der Waals surface area contributed by atoms with E-state index in [1.165, 1.54) is 6.07 Å². The summed E-state index contributed by atoms with van der Waals surface area (Å²) in [6.45, 7) is 7.45. The van der Waals surface area contributed by atoms with E-state index < -0.39 is 15.9 Å². The Bertz CT molecular complexity index is 1570. The number of aryl methyl sites for hydroxylation is 2. The van der Waals surface area contributed by atoms with Crippen LogP contribution in [0.15, 0.2) is 70.4 Å². The second kappa shape index (κ2) is 9.08. The van der Waals surface area contributed by atoms with Crippen LogP contribution in [0.1, 0.15) is 41.4 Å². The number of sulfonamides is 1. The largest absolute Gasteiger partial charge is 0.322 e. The predicted molar refractivity (Wildman–Crippen MR) is 138 cm³/mol. The lowest BCUT2D eigenvalue weighted by Gasteiger charge is -2.13. The van der Waals surface area contributed by atoms with E-state index >= 15 is 0 Å². The minimum absolute atomic E-state index is 0.0306. The molecule has 176 valence electrons. The number of anilines is 2. The number of carbonyl (C=O) groups excluding carboxylic acids is 1. The fraction of sp³-hybridized carbons (Fsp3) is 0.200. The summed E-state index contributed by atoms with van der Waals surface area (Å²) in [4.78, 5) is 25.2. The molecule has 3 aromatic carbocycles. The molecule has 0 unspecified atom stereocenters. The van der Waals surface area contributed by atoms with Crippen molar-refractivity contribution in [1.82, 2.24) is 4.57 Å². The van der Waals surface area contributed by atoms with E-state index in [2.05, 4.69) is 10.0 Å². The molecule has 0 saturated carbocycles. The van der Waals surface area contributed by atoms with Crippen LogP contribution in [0, 0.1) is 13.8 Å². The third kappa shape index (κ3) is 4.76. The number of rotatable bonds is 6. The monoisotopic (exact) mass is 495 g/mol. The van der Waals surface area contributed by atoms with Crippen molar-refractivity contribution in [2.24, 2.45) is 0 Å². The lowest BCUT2D eigenvalue weighted by molar-refractivity contribution is 0.102. The number of fused-ring (bicyclic) bond motifs is 1. The number of hydrogen-bond acceptors (Lipinski definition) is 5. The highest BCUT2D eigenvalue weighted by Gasteiger charge is 2.20. The van der Waals surface area contributed by atoms with Gasteiger partial charge in [-0.3, -0.25) is 18.9 Å². The standard InChI is InChI=1S/C25H25N3O4S2/c1-15(2)28-21-11-10-19(14-22(21)33-25(28)30)26-24(29)18-9-8-17(4)23(13-18)34(31,32)27-20-7-5-6-16(3)12-20/h5-15,27H,1-4H3,(H,26,29). The fourth-order valence-corrected chi connectivity index (χ4v) is 6.13. The van der Waals surface area contributed by atoms with E-state index in [4.69, 9.17) is 0 Å². The number of hydrogen-bond donors (Lipinski definition) is 2. The summed E-state index contributed by atoms with van der Waals surface area (Å²) >= 11 is 1.12. The van der Waals surface area contributed by atoms with Crippen molar-refractivity contribution in [2.45, 2.75) is 38.6 Å². The number of carbonyl (C=O) groups is 1. The molecule has 4 aromatic rings. The van der Waals surface area contributed by atoms with E-state index in [0.717, 1.165) is 27.1 Å². The zero-order valence-electron chi connectivity index (χ0n) is 19.2. The number of thiazole rings is 1. The molecular formula is C25H25N3O4S2. The van der Waals surface area contributed by atoms with Crippen molar-refractivity contribution in [3.8, 4) is 0 Å². The Morgan fingerprint density at radius 2 is 1.74 bits per heavy atom. The molecule has 0 atom stereocenters. The van der Waals surface area contributed by atoms with Gasteiger partial charge in [0.25, 0.3) is 15.9 Å². The minimum Gasteiger partial charge on any atom is -0.322 e. The van der Waals surface area contributed by atoms with Gasteiger partial charge in [-0.05, 0) is 81.3 Å². The van der Waals surface area contributed by atoms with Gasteiger partial charge in [-0.1, -0.05) is 29.5 Å². The minimum atomic E-state index is -3.89. The van der Waals surface area contributed by atoms with Gasteiger partial charge < -0.3 is 5.32 Å². The number of benzene rings is 3. The van der Waals surface area contributed by atoms with Gasteiger partial charge in [0.15, 0.2) is 0 Å². The van der Waals surface area contributed by atoms with E-state index in [0.29, 0.717) is 16.9 Å². The second-order valence-electron chi connectivity index (χ2n) is 8.42. The van der Waals surface area contributed by atoms with E-state index in [1.54, 1.807) is 60.0 Å². The first-order chi connectivity index (χ1) is 16.0. The van der Waals surface area contributed by atoms with Crippen LogP contribution in [0.3, 0.4) is 0 Å². The van der Waals surface area contributed by atoms with Crippen LogP contribution < -0.4 is 14.9 Å². The highest BCUT2D eigenvalue weighted by Crippen LogP contribution is 2.26. The second-order valence-corrected chi connectivity index (χ2v) is 11.1. The molecule has 34 heavy (non-hydrogen) atoms. The molecule has 1 heterocycles. The van der Waals surface area contributed by atoms with Gasteiger partial charge in [-0.25, -0.2) is 8.42 Å². The molecule has 0 aliphatic rings. The van der Waals surface area contributed by atoms with Crippen LogP contribution >= 0.6 is 11.3 Å². The molecule has 4 rings (SSSR count). The Balaban J connectivity index is 1.61. The summed E-state index contributed by atoms with van der Waals surface area (Å²) in [6.07, 6.45) is 0. The van der Waals surface area contributed by atoms with Gasteiger partial charge in [-0.2, -0.15) is 0 Å². The van der Waals surface area contributed by atoms with Gasteiger partial charge in [0.1, 0.15) is 0 Å². The Hall–Kier alpha value is -3.43. The van der Waals surface area contributed by atoms with Gasteiger partial charge in [0.05, 0.1) is 15.1 Å². The quantitative estimate of drug-likeness (QED) is 0.379. The molecule has 0 radical (unpaired) electrons. The van der Waals surface area contributed by atoms with Crippen molar-refractivity contribution < 1.29 is 13.2 Å². The number of amides is 1. The highest BCUT2D eigenvalue weighted by molar-refractivity contribution is 7.92. The van der Waals surface area contributed by atoms with Crippen molar-refractivity contribution in [3.63, 3.8) is 0 Å². The number of nitrogens with zero attached hydrogens (tertiary/aromatic N) is 1. The number of nitrogens with one attached hydrogen (secondary N) is 2. The van der Waals surface area contributed by atoms with Gasteiger partial charge >= 0.3 is 4.87 Å². The molecule has 0 aliphatic heterocycles. The van der Waals surface area contributed by atoms with Crippen molar-refractivity contribution in [1.29, 1.82) is 0 Å². The first-order valence-electron chi connectivity index (χ1n) is 10.7. The molecular weight excluding hydrogens is 470 g/mol. The summed E-state index contributed by atoms with van der Waals surface area (Å²) < 4.78 is 31.1. The summed E-state index contributed by atoms with van der Waals surface area (Å²) in [5.41, 5.74) is 3.46. The first kappa shape index (κ1) is 23.7. The van der Waals surface area contributed by atoms with Crippen LogP contribution in [-0.4, -0.2) is 18.9 Å². The first-order valence-corrected chi connectivity index (χ1v) is 13.0. The third-order valence-electron chi connectivity index (χ3n) is 5.40. The topological polar surface area (TPSA) is 97.3 Å². The molecule has 0 bridgehead atoms. The molecule has 0 saturated heterocycles. The van der Waals surface area contributed by atoms with Crippen LogP contribution in [0.5, 0.6) is 0 Å². The maximum atomic E-state index is 13.0. The smallest absolute Gasteiger partial charge is 0.308 e. The molecule has 7 nitrogen and oxygen atoms in total. The lowest BCUT2D eigenvalue weighted by Crippen LogP contribution is -2.17.